The summed E-state index contributed by atoms with van der Waals surface area (Å²) in [5, 5.41) is 4.87. The molecule has 0 bridgehead atoms. The number of benzene rings is 2. The smallest absolute Gasteiger partial charge is 0.336 e. The minimum atomic E-state index is -0.328. The molecular formula is C16H12ClNO2. The van der Waals surface area contributed by atoms with E-state index in [0.717, 1.165) is 22.3 Å². The standard InChI is InChI=1S/C16H12ClNO2/c1-10-7-16(19)20-15-6-5-13(9-14(10)15)18-12-4-2-3-11(17)8-12/h2-9,18H,1H3. The van der Waals surface area contributed by atoms with Gasteiger partial charge in [0.15, 0.2) is 0 Å². The molecule has 3 nitrogen and oxygen atoms in total. The van der Waals surface area contributed by atoms with Crippen molar-refractivity contribution in [1.29, 1.82) is 0 Å². The lowest BCUT2D eigenvalue weighted by atomic mass is 10.1. The highest BCUT2D eigenvalue weighted by molar-refractivity contribution is 6.30. The Morgan fingerprint density at radius 3 is 2.65 bits per heavy atom. The van der Waals surface area contributed by atoms with E-state index in [-0.39, 0.29) is 5.63 Å². The van der Waals surface area contributed by atoms with Gasteiger partial charge in [-0.15, -0.1) is 0 Å². The van der Waals surface area contributed by atoms with Crippen LogP contribution in [-0.4, -0.2) is 0 Å². The lowest BCUT2D eigenvalue weighted by molar-refractivity contribution is 0.560. The van der Waals surface area contributed by atoms with Crippen LogP contribution in [0.4, 0.5) is 11.4 Å². The van der Waals surface area contributed by atoms with E-state index in [4.69, 9.17) is 16.0 Å². The summed E-state index contributed by atoms with van der Waals surface area (Å²) in [6, 6.07) is 14.6. The van der Waals surface area contributed by atoms with Gasteiger partial charge in [0.2, 0.25) is 0 Å². The van der Waals surface area contributed by atoms with E-state index in [2.05, 4.69) is 5.32 Å². The van der Waals surface area contributed by atoms with Gasteiger partial charge < -0.3 is 9.73 Å². The molecule has 1 aromatic heterocycles. The first kappa shape index (κ1) is 12.8. The predicted molar refractivity (Wildman–Crippen MR) is 82.0 cm³/mol. The molecule has 20 heavy (non-hydrogen) atoms. The van der Waals surface area contributed by atoms with Gasteiger partial charge in [0.1, 0.15) is 5.58 Å². The molecule has 0 aliphatic rings. The summed E-state index contributed by atoms with van der Waals surface area (Å²) in [5.74, 6) is 0. The van der Waals surface area contributed by atoms with Crippen molar-refractivity contribution in [3.63, 3.8) is 0 Å². The van der Waals surface area contributed by atoms with Crippen LogP contribution in [-0.2, 0) is 0 Å². The first-order chi connectivity index (χ1) is 9.61. The summed E-state index contributed by atoms with van der Waals surface area (Å²) in [6.07, 6.45) is 0. The zero-order valence-corrected chi connectivity index (χ0v) is 11.6. The second-order valence-corrected chi connectivity index (χ2v) is 5.03. The van der Waals surface area contributed by atoms with Crippen molar-refractivity contribution in [1.82, 2.24) is 0 Å². The summed E-state index contributed by atoms with van der Waals surface area (Å²) in [4.78, 5) is 11.3. The fourth-order valence-electron chi connectivity index (χ4n) is 2.13. The minimum absolute atomic E-state index is 0.328. The van der Waals surface area contributed by atoms with Crippen LogP contribution in [0.5, 0.6) is 0 Å². The maximum absolute atomic E-state index is 11.3. The van der Waals surface area contributed by atoms with E-state index < -0.39 is 0 Å². The molecule has 0 radical (unpaired) electrons. The third kappa shape index (κ3) is 2.53. The molecule has 0 fully saturated rings. The van der Waals surface area contributed by atoms with Crippen molar-refractivity contribution in [2.75, 3.05) is 5.32 Å². The average molecular weight is 286 g/mol. The molecule has 0 saturated heterocycles. The van der Waals surface area contributed by atoms with Gasteiger partial charge in [0, 0.05) is 27.8 Å². The Morgan fingerprint density at radius 2 is 1.85 bits per heavy atom. The highest BCUT2D eigenvalue weighted by Crippen LogP contribution is 2.24. The van der Waals surface area contributed by atoms with Crippen LogP contribution in [0.1, 0.15) is 5.56 Å². The predicted octanol–water partition coefficient (Wildman–Crippen LogP) is 4.50. The van der Waals surface area contributed by atoms with E-state index in [1.807, 2.05) is 43.3 Å². The van der Waals surface area contributed by atoms with Crippen molar-refractivity contribution >= 4 is 33.9 Å². The van der Waals surface area contributed by atoms with E-state index in [1.165, 1.54) is 6.07 Å². The molecular weight excluding hydrogens is 274 g/mol. The number of nitrogens with one attached hydrogen (secondary N) is 1. The number of hydrogen-bond acceptors (Lipinski definition) is 3. The second kappa shape index (κ2) is 5.02. The van der Waals surface area contributed by atoms with Crippen LogP contribution in [0, 0.1) is 6.92 Å². The van der Waals surface area contributed by atoms with E-state index in [1.54, 1.807) is 6.07 Å². The SMILES string of the molecule is Cc1cc(=O)oc2ccc(Nc3cccc(Cl)c3)cc12. The Balaban J connectivity index is 2.03. The molecule has 1 heterocycles. The number of anilines is 2. The van der Waals surface area contributed by atoms with Crippen molar-refractivity contribution in [2.24, 2.45) is 0 Å². The molecule has 0 saturated carbocycles. The lowest BCUT2D eigenvalue weighted by Crippen LogP contribution is -1.98. The highest BCUT2D eigenvalue weighted by atomic mass is 35.5. The Hall–Kier alpha value is -2.26. The zero-order chi connectivity index (χ0) is 14.1. The van der Waals surface area contributed by atoms with Crippen molar-refractivity contribution in [3.05, 3.63) is 69.5 Å². The van der Waals surface area contributed by atoms with Gasteiger partial charge in [-0.3, -0.25) is 0 Å². The molecule has 100 valence electrons. The Labute approximate surface area is 120 Å². The van der Waals surface area contributed by atoms with Crippen LogP contribution in [0.15, 0.2) is 57.7 Å². The molecule has 0 aliphatic heterocycles. The van der Waals surface area contributed by atoms with Gasteiger partial charge in [-0.05, 0) is 48.9 Å². The van der Waals surface area contributed by atoms with Crippen molar-refractivity contribution < 1.29 is 4.42 Å². The summed E-state index contributed by atoms with van der Waals surface area (Å²) >= 11 is 5.96. The van der Waals surface area contributed by atoms with Gasteiger partial charge in [0.25, 0.3) is 0 Å². The van der Waals surface area contributed by atoms with Gasteiger partial charge in [-0.1, -0.05) is 17.7 Å². The molecule has 2 aromatic carbocycles. The summed E-state index contributed by atoms with van der Waals surface area (Å²) in [6.45, 7) is 1.89. The molecule has 0 unspecified atom stereocenters. The quantitative estimate of drug-likeness (QED) is 0.705. The van der Waals surface area contributed by atoms with Gasteiger partial charge in [0.05, 0.1) is 0 Å². The van der Waals surface area contributed by atoms with Crippen LogP contribution in [0.3, 0.4) is 0 Å². The average Bonchev–Trinajstić information content (AvgIpc) is 2.39. The Bertz CT molecular complexity index is 839. The number of aryl methyl sites for hydroxylation is 1. The Morgan fingerprint density at radius 1 is 1.05 bits per heavy atom. The number of hydrogen-bond donors (Lipinski definition) is 1. The number of fused-ring (bicyclic) bond motifs is 1. The number of halogens is 1. The fourth-order valence-corrected chi connectivity index (χ4v) is 2.32. The summed E-state index contributed by atoms with van der Waals surface area (Å²) in [7, 11) is 0. The third-order valence-electron chi connectivity index (χ3n) is 3.06. The van der Waals surface area contributed by atoms with Crippen LogP contribution >= 0.6 is 11.6 Å². The van der Waals surface area contributed by atoms with Gasteiger partial charge in [-0.2, -0.15) is 0 Å². The zero-order valence-electron chi connectivity index (χ0n) is 10.8. The monoisotopic (exact) mass is 285 g/mol. The normalized spacial score (nSPS) is 10.7. The summed E-state index contributed by atoms with van der Waals surface area (Å²) in [5.41, 5.74) is 2.98. The lowest BCUT2D eigenvalue weighted by Gasteiger charge is -2.08. The highest BCUT2D eigenvalue weighted by Gasteiger charge is 2.04. The molecule has 4 heteroatoms. The fraction of sp³-hybridized carbons (Fsp3) is 0.0625. The van der Waals surface area contributed by atoms with E-state index in [0.29, 0.717) is 10.6 Å². The second-order valence-electron chi connectivity index (χ2n) is 4.59. The maximum Gasteiger partial charge on any atom is 0.336 e. The van der Waals surface area contributed by atoms with Gasteiger partial charge >= 0.3 is 5.63 Å². The van der Waals surface area contributed by atoms with Gasteiger partial charge in [-0.25, -0.2) is 4.79 Å². The molecule has 0 amide bonds. The van der Waals surface area contributed by atoms with Crippen molar-refractivity contribution in [2.45, 2.75) is 6.92 Å². The molecule has 0 spiro atoms. The van der Waals surface area contributed by atoms with E-state index >= 15 is 0 Å². The first-order valence-corrected chi connectivity index (χ1v) is 6.57. The largest absolute Gasteiger partial charge is 0.423 e. The van der Waals surface area contributed by atoms with Crippen LogP contribution < -0.4 is 10.9 Å². The molecule has 0 atom stereocenters. The molecule has 0 aliphatic carbocycles. The van der Waals surface area contributed by atoms with Crippen LogP contribution in [0.2, 0.25) is 5.02 Å². The molecule has 3 rings (SSSR count). The first-order valence-electron chi connectivity index (χ1n) is 6.19. The van der Waals surface area contributed by atoms with E-state index in [9.17, 15) is 4.79 Å². The minimum Gasteiger partial charge on any atom is -0.423 e. The molecule has 1 N–H and O–H groups in total. The third-order valence-corrected chi connectivity index (χ3v) is 3.30. The Kier molecular flexibility index (Phi) is 3.20. The molecule has 3 aromatic rings. The van der Waals surface area contributed by atoms with Crippen molar-refractivity contribution in [3.8, 4) is 0 Å². The number of rotatable bonds is 2. The summed E-state index contributed by atoms with van der Waals surface area (Å²) < 4.78 is 5.16. The van der Waals surface area contributed by atoms with Crippen LogP contribution in [0.25, 0.3) is 11.0 Å². The topological polar surface area (TPSA) is 42.2 Å². The maximum atomic E-state index is 11.3.